The van der Waals surface area contributed by atoms with E-state index in [9.17, 15) is 4.79 Å². The maximum absolute atomic E-state index is 11.3. The molecule has 0 unspecified atom stereocenters. The third-order valence-electron chi connectivity index (χ3n) is 2.31. The third-order valence-corrected chi connectivity index (χ3v) is 3.34. The van der Waals surface area contributed by atoms with E-state index in [4.69, 9.17) is 17.3 Å². The molecule has 2 rings (SSSR count). The van der Waals surface area contributed by atoms with Crippen LogP contribution in [0.4, 0.5) is 5.69 Å². The highest BCUT2D eigenvalue weighted by molar-refractivity contribution is 7.99. The van der Waals surface area contributed by atoms with Gasteiger partial charge in [0.15, 0.2) is 0 Å². The van der Waals surface area contributed by atoms with Gasteiger partial charge in [-0.15, -0.1) is 10.2 Å². The van der Waals surface area contributed by atoms with Gasteiger partial charge in [-0.1, -0.05) is 0 Å². The molecule has 0 bridgehead atoms. The molecule has 0 spiro atoms. The van der Waals surface area contributed by atoms with E-state index in [0.29, 0.717) is 27.1 Å². The molecule has 18 heavy (non-hydrogen) atoms. The highest BCUT2D eigenvalue weighted by Crippen LogP contribution is 2.29. The maximum atomic E-state index is 11.3. The highest BCUT2D eigenvalue weighted by Gasteiger charge is 2.14. The molecule has 1 amide bonds. The number of carbonyl (C=O) groups excluding carboxylic acids is 1. The van der Waals surface area contributed by atoms with Crippen LogP contribution in [0.1, 0.15) is 16.2 Å². The fourth-order valence-electron chi connectivity index (χ4n) is 1.35. The van der Waals surface area contributed by atoms with E-state index in [1.54, 1.807) is 19.1 Å². The molecule has 1 aromatic carbocycles. The Morgan fingerprint density at radius 2 is 2.11 bits per heavy atom. The van der Waals surface area contributed by atoms with Gasteiger partial charge in [-0.05, 0) is 36.9 Å². The van der Waals surface area contributed by atoms with Crippen molar-refractivity contribution in [3.05, 3.63) is 29.6 Å². The van der Waals surface area contributed by atoms with Gasteiger partial charge in [0.2, 0.25) is 11.1 Å². The molecule has 0 radical (unpaired) electrons. The van der Waals surface area contributed by atoms with Crippen LogP contribution in [0.25, 0.3) is 0 Å². The molecule has 1 heterocycles. The van der Waals surface area contributed by atoms with Gasteiger partial charge in [-0.2, -0.15) is 0 Å². The van der Waals surface area contributed by atoms with Gasteiger partial charge < -0.3 is 17.3 Å². The Labute approximate surface area is 107 Å². The van der Waals surface area contributed by atoms with Gasteiger partial charge in [0, 0.05) is 10.6 Å². The van der Waals surface area contributed by atoms with E-state index < -0.39 is 5.91 Å². The summed E-state index contributed by atoms with van der Waals surface area (Å²) in [5, 5.41) is 8.20. The number of primary amides is 1. The molecule has 8 heteroatoms. The number of rotatable bonds is 3. The molecule has 6 N–H and O–H groups in total. The van der Waals surface area contributed by atoms with Crippen molar-refractivity contribution in [2.45, 2.75) is 17.0 Å². The first-order valence-corrected chi connectivity index (χ1v) is 5.85. The number of nitrogens with two attached hydrogens (primary N) is 3. The molecule has 2 aromatic rings. The molecule has 0 saturated heterocycles. The van der Waals surface area contributed by atoms with Gasteiger partial charge in [-0.25, -0.2) is 4.68 Å². The Balaban J connectivity index is 2.40. The Bertz CT molecular complexity index is 608. The van der Waals surface area contributed by atoms with Crippen molar-refractivity contribution in [3.63, 3.8) is 0 Å². The standard InChI is InChI=1S/C10H12N6OS/c1-5-14-15-10(16(5)13)18-8-3-2-6(11)4-7(8)9(12)17/h2-4H,11,13H2,1H3,(H2,12,17). The minimum absolute atomic E-state index is 0.334. The second kappa shape index (κ2) is 4.57. The number of hydrogen-bond acceptors (Lipinski definition) is 6. The fraction of sp³-hybridized carbons (Fsp3) is 0.100. The molecular weight excluding hydrogens is 252 g/mol. The SMILES string of the molecule is Cc1nnc(Sc2ccc(N)cc2C(N)=O)n1N. The van der Waals surface area contributed by atoms with E-state index in [1.807, 2.05) is 0 Å². The van der Waals surface area contributed by atoms with Crippen LogP contribution >= 0.6 is 11.8 Å². The largest absolute Gasteiger partial charge is 0.399 e. The fourth-order valence-corrected chi connectivity index (χ4v) is 2.26. The summed E-state index contributed by atoms with van der Waals surface area (Å²) in [4.78, 5) is 12.0. The van der Waals surface area contributed by atoms with Crippen molar-refractivity contribution >= 4 is 23.4 Å². The third kappa shape index (κ3) is 2.23. The molecule has 0 atom stereocenters. The zero-order valence-electron chi connectivity index (χ0n) is 9.62. The van der Waals surface area contributed by atoms with Gasteiger partial charge >= 0.3 is 0 Å². The average molecular weight is 264 g/mol. The smallest absolute Gasteiger partial charge is 0.249 e. The van der Waals surface area contributed by atoms with Gasteiger partial charge in [0.1, 0.15) is 5.82 Å². The van der Waals surface area contributed by atoms with E-state index in [0.717, 1.165) is 0 Å². The van der Waals surface area contributed by atoms with Crippen LogP contribution in [0.15, 0.2) is 28.3 Å². The second-order valence-electron chi connectivity index (χ2n) is 3.62. The number of amides is 1. The van der Waals surface area contributed by atoms with Crippen molar-refractivity contribution in [1.82, 2.24) is 14.9 Å². The number of hydrogen-bond donors (Lipinski definition) is 3. The lowest BCUT2D eigenvalue weighted by Gasteiger charge is -2.06. The maximum Gasteiger partial charge on any atom is 0.249 e. The molecule has 1 aromatic heterocycles. The van der Waals surface area contributed by atoms with E-state index in [-0.39, 0.29) is 0 Å². The number of nitrogens with zero attached hydrogens (tertiary/aromatic N) is 3. The van der Waals surface area contributed by atoms with Gasteiger partial charge in [0.25, 0.3) is 0 Å². The van der Waals surface area contributed by atoms with E-state index in [1.165, 1.54) is 22.5 Å². The monoisotopic (exact) mass is 264 g/mol. The molecule has 0 aliphatic heterocycles. The van der Waals surface area contributed by atoms with Crippen LogP contribution in [0.3, 0.4) is 0 Å². The normalized spacial score (nSPS) is 10.5. The van der Waals surface area contributed by atoms with Crippen molar-refractivity contribution in [2.75, 3.05) is 11.6 Å². The van der Waals surface area contributed by atoms with Gasteiger partial charge in [0.05, 0.1) is 5.56 Å². The van der Waals surface area contributed by atoms with Crippen LogP contribution < -0.4 is 17.3 Å². The lowest BCUT2D eigenvalue weighted by atomic mass is 10.2. The summed E-state index contributed by atoms with van der Waals surface area (Å²) in [6, 6.07) is 4.90. The molecule has 0 fully saturated rings. The van der Waals surface area contributed by atoms with Crippen LogP contribution in [-0.2, 0) is 0 Å². The van der Waals surface area contributed by atoms with Crippen LogP contribution in [0.2, 0.25) is 0 Å². The molecule has 0 saturated carbocycles. The molecule has 0 aliphatic rings. The van der Waals surface area contributed by atoms with Crippen molar-refractivity contribution in [2.24, 2.45) is 5.73 Å². The lowest BCUT2D eigenvalue weighted by Crippen LogP contribution is -2.14. The Morgan fingerprint density at radius 1 is 1.39 bits per heavy atom. The summed E-state index contributed by atoms with van der Waals surface area (Å²) in [5.41, 5.74) is 11.7. The summed E-state index contributed by atoms with van der Waals surface area (Å²) in [6.07, 6.45) is 0. The highest BCUT2D eigenvalue weighted by atomic mass is 32.2. The van der Waals surface area contributed by atoms with E-state index >= 15 is 0 Å². The van der Waals surface area contributed by atoms with Crippen LogP contribution in [0.5, 0.6) is 0 Å². The Kier molecular flexibility index (Phi) is 3.11. The summed E-state index contributed by atoms with van der Waals surface area (Å²) in [6.45, 7) is 1.73. The summed E-state index contributed by atoms with van der Waals surface area (Å²) < 4.78 is 1.34. The predicted octanol–water partition coefficient (Wildman–Crippen LogP) is 0.133. The number of carbonyl (C=O) groups is 1. The summed E-state index contributed by atoms with van der Waals surface area (Å²) in [5.74, 6) is 5.76. The Hall–Kier alpha value is -2.22. The van der Waals surface area contributed by atoms with Crippen LogP contribution in [-0.4, -0.2) is 20.8 Å². The molecule has 94 valence electrons. The Morgan fingerprint density at radius 3 is 2.67 bits per heavy atom. The topological polar surface area (TPSA) is 126 Å². The van der Waals surface area contributed by atoms with Crippen molar-refractivity contribution < 1.29 is 4.79 Å². The van der Waals surface area contributed by atoms with Crippen molar-refractivity contribution in [1.29, 1.82) is 0 Å². The molecule has 7 nitrogen and oxygen atoms in total. The summed E-state index contributed by atoms with van der Waals surface area (Å²) in [7, 11) is 0. The number of nitrogen functional groups attached to an aromatic ring is 2. The minimum atomic E-state index is -0.551. The number of anilines is 1. The predicted molar refractivity (Wildman–Crippen MR) is 68.4 cm³/mol. The molecule has 0 aliphatic carbocycles. The first-order chi connectivity index (χ1) is 8.49. The summed E-state index contributed by atoms with van der Waals surface area (Å²) >= 11 is 1.21. The number of aryl methyl sites for hydroxylation is 1. The zero-order chi connectivity index (χ0) is 13.3. The minimum Gasteiger partial charge on any atom is -0.399 e. The average Bonchev–Trinajstić information content (AvgIpc) is 2.63. The first kappa shape index (κ1) is 12.2. The second-order valence-corrected chi connectivity index (χ2v) is 4.63. The quantitative estimate of drug-likeness (QED) is 0.534. The van der Waals surface area contributed by atoms with Crippen LogP contribution in [0, 0.1) is 6.92 Å². The first-order valence-electron chi connectivity index (χ1n) is 5.03. The van der Waals surface area contributed by atoms with Gasteiger partial charge in [-0.3, -0.25) is 4.79 Å². The molecular formula is C10H12N6OS. The number of aromatic nitrogens is 3. The van der Waals surface area contributed by atoms with E-state index in [2.05, 4.69) is 10.2 Å². The lowest BCUT2D eigenvalue weighted by molar-refractivity contribution is 0.0997. The zero-order valence-corrected chi connectivity index (χ0v) is 10.4. The number of benzene rings is 1. The van der Waals surface area contributed by atoms with Crippen molar-refractivity contribution in [3.8, 4) is 0 Å².